The van der Waals surface area contributed by atoms with E-state index in [-0.39, 0.29) is 11.3 Å². The fraction of sp³-hybridized carbons (Fsp3) is 0.100. The average molecular weight is 318 g/mol. The molecule has 4 nitrogen and oxygen atoms in total. The van der Waals surface area contributed by atoms with E-state index >= 15 is 0 Å². The van der Waals surface area contributed by atoms with Gasteiger partial charge in [0, 0.05) is 0 Å². The number of carbonyl (C=O) groups is 1. The van der Waals surface area contributed by atoms with Crippen LogP contribution in [0.1, 0.15) is 29.3 Å². The second-order valence-electron chi connectivity index (χ2n) is 5.44. The normalized spacial score (nSPS) is 11.5. The summed E-state index contributed by atoms with van der Waals surface area (Å²) in [6, 6.07) is 20.5. The third kappa shape index (κ3) is 3.27. The van der Waals surface area contributed by atoms with Crippen LogP contribution in [0.5, 0.6) is 5.75 Å². The molecular weight excluding hydrogens is 300 g/mol. The lowest BCUT2D eigenvalue weighted by atomic mass is 10.1. The second kappa shape index (κ2) is 6.96. The van der Waals surface area contributed by atoms with Crippen molar-refractivity contribution in [3.8, 4) is 5.75 Å². The minimum absolute atomic E-state index is 0.0563. The van der Waals surface area contributed by atoms with Crippen LogP contribution in [0.15, 0.2) is 71.8 Å². The molecule has 24 heavy (non-hydrogen) atoms. The molecule has 0 radical (unpaired) electrons. The van der Waals surface area contributed by atoms with Gasteiger partial charge in [-0.05, 0) is 34.9 Å². The number of phenolic OH excluding ortho intramolecular Hbond substituents is 1. The molecule has 0 heterocycles. The van der Waals surface area contributed by atoms with Crippen molar-refractivity contribution < 1.29 is 9.90 Å². The van der Waals surface area contributed by atoms with Crippen molar-refractivity contribution in [1.29, 1.82) is 0 Å². The lowest BCUT2D eigenvalue weighted by molar-refractivity contribution is 0.0952. The first-order valence-corrected chi connectivity index (χ1v) is 7.83. The number of phenols is 1. The zero-order valence-corrected chi connectivity index (χ0v) is 13.4. The number of amides is 1. The Labute approximate surface area is 140 Å². The van der Waals surface area contributed by atoms with Gasteiger partial charge in [0.2, 0.25) is 0 Å². The van der Waals surface area contributed by atoms with E-state index in [2.05, 4.69) is 10.5 Å². The first kappa shape index (κ1) is 15.7. The van der Waals surface area contributed by atoms with E-state index in [0.717, 1.165) is 22.0 Å². The SMILES string of the molecule is CCC(=NNC(=O)c1cc2ccccc2cc1O)c1ccccc1. The summed E-state index contributed by atoms with van der Waals surface area (Å²) in [7, 11) is 0. The maximum absolute atomic E-state index is 12.4. The van der Waals surface area contributed by atoms with Crippen molar-refractivity contribution >= 4 is 22.4 Å². The minimum Gasteiger partial charge on any atom is -0.507 e. The lowest BCUT2D eigenvalue weighted by Crippen LogP contribution is -2.20. The van der Waals surface area contributed by atoms with Crippen LogP contribution >= 0.6 is 0 Å². The van der Waals surface area contributed by atoms with Gasteiger partial charge < -0.3 is 5.11 Å². The van der Waals surface area contributed by atoms with E-state index < -0.39 is 5.91 Å². The summed E-state index contributed by atoms with van der Waals surface area (Å²) in [5, 5.41) is 16.1. The number of carbonyl (C=O) groups excluding carboxylic acids is 1. The highest BCUT2D eigenvalue weighted by molar-refractivity contribution is 6.04. The molecule has 2 N–H and O–H groups in total. The molecule has 0 bridgehead atoms. The first-order chi connectivity index (χ1) is 11.7. The summed E-state index contributed by atoms with van der Waals surface area (Å²) in [5.41, 5.74) is 4.50. The summed E-state index contributed by atoms with van der Waals surface area (Å²) >= 11 is 0. The van der Waals surface area contributed by atoms with E-state index in [0.29, 0.717) is 6.42 Å². The number of hydrogen-bond acceptors (Lipinski definition) is 3. The first-order valence-electron chi connectivity index (χ1n) is 7.83. The fourth-order valence-corrected chi connectivity index (χ4v) is 2.57. The minimum atomic E-state index is -0.430. The molecule has 3 rings (SSSR count). The highest BCUT2D eigenvalue weighted by Crippen LogP contribution is 2.24. The molecule has 1 amide bonds. The standard InChI is InChI=1S/C20H18N2O2/c1-2-18(14-8-4-3-5-9-14)21-22-20(24)17-12-15-10-6-7-11-16(15)13-19(17)23/h3-13,23H,2H2,1H3,(H,22,24). The van der Waals surface area contributed by atoms with Crippen LogP contribution in [-0.4, -0.2) is 16.7 Å². The Balaban J connectivity index is 1.87. The highest BCUT2D eigenvalue weighted by Gasteiger charge is 2.12. The Morgan fingerprint density at radius 1 is 1.00 bits per heavy atom. The van der Waals surface area contributed by atoms with Gasteiger partial charge in [-0.3, -0.25) is 4.79 Å². The average Bonchev–Trinajstić information content (AvgIpc) is 2.62. The number of aromatic hydroxyl groups is 1. The van der Waals surface area contributed by atoms with E-state index in [9.17, 15) is 9.90 Å². The molecular formula is C20H18N2O2. The predicted octanol–water partition coefficient (Wildman–Crippen LogP) is 4.09. The number of benzene rings is 3. The van der Waals surface area contributed by atoms with Gasteiger partial charge in [-0.25, -0.2) is 5.43 Å². The van der Waals surface area contributed by atoms with Gasteiger partial charge in [0.25, 0.3) is 5.91 Å². The van der Waals surface area contributed by atoms with Gasteiger partial charge in [0.15, 0.2) is 0 Å². The van der Waals surface area contributed by atoms with Crippen LogP contribution < -0.4 is 5.43 Å². The quantitative estimate of drug-likeness (QED) is 0.562. The third-order valence-corrected chi connectivity index (χ3v) is 3.84. The number of nitrogens with one attached hydrogen (secondary N) is 1. The van der Waals surface area contributed by atoms with Crippen LogP contribution in [0.25, 0.3) is 10.8 Å². The van der Waals surface area contributed by atoms with Crippen molar-refractivity contribution in [3.05, 3.63) is 77.9 Å². The monoisotopic (exact) mass is 318 g/mol. The number of nitrogens with zero attached hydrogens (tertiary/aromatic N) is 1. The van der Waals surface area contributed by atoms with Crippen LogP contribution in [0.4, 0.5) is 0 Å². The van der Waals surface area contributed by atoms with Gasteiger partial charge in [-0.1, -0.05) is 61.5 Å². The van der Waals surface area contributed by atoms with Crippen molar-refractivity contribution in [2.24, 2.45) is 5.10 Å². The second-order valence-corrected chi connectivity index (χ2v) is 5.44. The van der Waals surface area contributed by atoms with Crippen LogP contribution in [0, 0.1) is 0 Å². The maximum Gasteiger partial charge on any atom is 0.275 e. The summed E-state index contributed by atoms with van der Waals surface area (Å²) in [5.74, 6) is -0.487. The Morgan fingerprint density at radius 2 is 1.62 bits per heavy atom. The maximum atomic E-state index is 12.4. The molecule has 0 unspecified atom stereocenters. The molecule has 0 saturated heterocycles. The molecule has 0 saturated carbocycles. The molecule has 0 atom stereocenters. The predicted molar refractivity (Wildman–Crippen MR) is 96.3 cm³/mol. The molecule has 3 aromatic rings. The third-order valence-electron chi connectivity index (χ3n) is 3.84. The van der Waals surface area contributed by atoms with Gasteiger partial charge in [-0.15, -0.1) is 0 Å². The van der Waals surface area contributed by atoms with Gasteiger partial charge in [-0.2, -0.15) is 5.10 Å². The van der Waals surface area contributed by atoms with Crippen LogP contribution in [-0.2, 0) is 0 Å². The van der Waals surface area contributed by atoms with Crippen molar-refractivity contribution in [3.63, 3.8) is 0 Å². The summed E-state index contributed by atoms with van der Waals surface area (Å²) < 4.78 is 0. The van der Waals surface area contributed by atoms with E-state index in [1.807, 2.05) is 61.5 Å². The molecule has 4 heteroatoms. The molecule has 0 aromatic heterocycles. The summed E-state index contributed by atoms with van der Waals surface area (Å²) in [6.07, 6.45) is 0.688. The number of fused-ring (bicyclic) bond motifs is 1. The zero-order chi connectivity index (χ0) is 16.9. The highest BCUT2D eigenvalue weighted by atomic mass is 16.3. The number of hydrazone groups is 1. The summed E-state index contributed by atoms with van der Waals surface area (Å²) in [6.45, 7) is 1.98. The molecule has 0 spiro atoms. The van der Waals surface area contributed by atoms with Gasteiger partial charge >= 0.3 is 0 Å². The Kier molecular flexibility index (Phi) is 4.57. The van der Waals surface area contributed by atoms with E-state index in [1.165, 1.54) is 0 Å². The Morgan fingerprint density at radius 3 is 2.29 bits per heavy atom. The molecule has 0 fully saturated rings. The van der Waals surface area contributed by atoms with Crippen LogP contribution in [0.2, 0.25) is 0 Å². The summed E-state index contributed by atoms with van der Waals surface area (Å²) in [4.78, 5) is 12.4. The largest absolute Gasteiger partial charge is 0.507 e. The zero-order valence-electron chi connectivity index (χ0n) is 13.4. The van der Waals surface area contributed by atoms with Crippen molar-refractivity contribution in [2.45, 2.75) is 13.3 Å². The van der Waals surface area contributed by atoms with E-state index in [1.54, 1.807) is 12.1 Å². The Bertz CT molecular complexity index is 902. The fourth-order valence-electron chi connectivity index (χ4n) is 2.57. The molecule has 120 valence electrons. The van der Waals surface area contributed by atoms with Crippen molar-refractivity contribution in [2.75, 3.05) is 0 Å². The number of hydrogen-bond donors (Lipinski definition) is 2. The topological polar surface area (TPSA) is 61.7 Å². The number of rotatable bonds is 4. The molecule has 0 aliphatic carbocycles. The van der Waals surface area contributed by atoms with Crippen LogP contribution in [0.3, 0.4) is 0 Å². The Hall–Kier alpha value is -3.14. The molecule has 3 aromatic carbocycles. The van der Waals surface area contributed by atoms with Crippen molar-refractivity contribution in [1.82, 2.24) is 5.43 Å². The molecule has 0 aliphatic rings. The molecule has 0 aliphatic heterocycles. The lowest BCUT2D eigenvalue weighted by Gasteiger charge is -2.08. The van der Waals surface area contributed by atoms with E-state index in [4.69, 9.17) is 0 Å². The van der Waals surface area contributed by atoms with Gasteiger partial charge in [0.1, 0.15) is 5.75 Å². The smallest absolute Gasteiger partial charge is 0.275 e. The van der Waals surface area contributed by atoms with Gasteiger partial charge in [0.05, 0.1) is 11.3 Å².